The highest BCUT2D eigenvalue weighted by Crippen LogP contribution is 2.10. The molecule has 5 heteroatoms. The number of ether oxygens (including phenoxy) is 1. The van der Waals surface area contributed by atoms with Crippen LogP contribution in [0.25, 0.3) is 0 Å². The van der Waals surface area contributed by atoms with Gasteiger partial charge in [-0.25, -0.2) is 0 Å². The molecule has 0 aliphatic carbocycles. The number of carbonyl (C=O) groups excluding carboxylic acids is 1. The summed E-state index contributed by atoms with van der Waals surface area (Å²) in [5.74, 6) is -0.0119. The molecule has 0 radical (unpaired) electrons. The van der Waals surface area contributed by atoms with Crippen LogP contribution in [-0.2, 0) is 9.53 Å². The highest BCUT2D eigenvalue weighted by atomic mass is 16.5. The summed E-state index contributed by atoms with van der Waals surface area (Å²) < 4.78 is 5.45. The summed E-state index contributed by atoms with van der Waals surface area (Å²) in [6.45, 7) is 9.68. The van der Waals surface area contributed by atoms with Crippen LogP contribution in [0.4, 0.5) is 0 Å². The van der Waals surface area contributed by atoms with Gasteiger partial charge >= 0.3 is 0 Å². The molecule has 5 nitrogen and oxygen atoms in total. The van der Waals surface area contributed by atoms with Gasteiger partial charge in [0.1, 0.15) is 6.61 Å². The monoisotopic (exact) mass is 257 g/mol. The summed E-state index contributed by atoms with van der Waals surface area (Å²) >= 11 is 0. The number of nitrogens with two attached hydrogens (primary N) is 1. The van der Waals surface area contributed by atoms with E-state index in [1.54, 1.807) is 0 Å². The molecule has 1 aliphatic heterocycles. The fraction of sp³-hybridized carbons (Fsp3) is 0.923. The summed E-state index contributed by atoms with van der Waals surface area (Å²) in [7, 11) is 0. The maximum absolute atomic E-state index is 11.7. The lowest BCUT2D eigenvalue weighted by molar-refractivity contribution is -0.131. The van der Waals surface area contributed by atoms with Gasteiger partial charge in [-0.1, -0.05) is 0 Å². The van der Waals surface area contributed by atoms with E-state index in [0.29, 0.717) is 6.54 Å². The lowest BCUT2D eigenvalue weighted by atomic mass is 10.1. The summed E-state index contributed by atoms with van der Waals surface area (Å²) in [4.78, 5) is 14.0. The fourth-order valence-electron chi connectivity index (χ4n) is 2.03. The fourth-order valence-corrected chi connectivity index (χ4v) is 2.03. The lowest BCUT2D eigenvalue weighted by Gasteiger charge is -2.32. The van der Waals surface area contributed by atoms with Gasteiger partial charge in [-0.3, -0.25) is 4.79 Å². The van der Waals surface area contributed by atoms with Crippen molar-refractivity contribution in [3.8, 4) is 0 Å². The molecule has 0 aromatic heterocycles. The molecule has 0 spiro atoms. The Kier molecular flexibility index (Phi) is 6.05. The SMILES string of the molecule is CC(C)(C)OCC(=O)NC1CCN(CCN)CC1. The van der Waals surface area contributed by atoms with Gasteiger partial charge in [0.15, 0.2) is 0 Å². The largest absolute Gasteiger partial charge is 0.366 e. The first-order valence-corrected chi connectivity index (χ1v) is 6.76. The third-order valence-corrected chi connectivity index (χ3v) is 3.03. The standard InChI is InChI=1S/C13H27N3O2/c1-13(2,3)18-10-12(17)15-11-4-7-16(8-5-11)9-6-14/h11H,4-10,14H2,1-3H3,(H,15,17). The molecule has 106 valence electrons. The Morgan fingerprint density at radius 1 is 1.39 bits per heavy atom. The van der Waals surface area contributed by atoms with Crippen LogP contribution >= 0.6 is 0 Å². The highest BCUT2D eigenvalue weighted by molar-refractivity contribution is 5.77. The number of carbonyl (C=O) groups is 1. The van der Waals surface area contributed by atoms with Crippen LogP contribution in [0.15, 0.2) is 0 Å². The van der Waals surface area contributed by atoms with Crippen molar-refractivity contribution in [1.29, 1.82) is 0 Å². The van der Waals surface area contributed by atoms with E-state index in [0.717, 1.165) is 32.5 Å². The Labute approximate surface area is 110 Å². The molecule has 0 aromatic carbocycles. The minimum atomic E-state index is -0.262. The molecule has 1 aliphatic rings. The molecule has 1 heterocycles. The van der Waals surface area contributed by atoms with Crippen LogP contribution < -0.4 is 11.1 Å². The number of piperidine rings is 1. The minimum Gasteiger partial charge on any atom is -0.366 e. The molecule has 1 amide bonds. The minimum absolute atomic E-state index is 0.0119. The van der Waals surface area contributed by atoms with Crippen LogP contribution in [0.5, 0.6) is 0 Å². The van der Waals surface area contributed by atoms with Crippen molar-refractivity contribution in [3.05, 3.63) is 0 Å². The topological polar surface area (TPSA) is 67.6 Å². The first-order valence-electron chi connectivity index (χ1n) is 6.76. The van der Waals surface area contributed by atoms with E-state index in [1.165, 1.54) is 0 Å². The van der Waals surface area contributed by atoms with E-state index in [2.05, 4.69) is 10.2 Å². The normalized spacial score (nSPS) is 18.9. The summed E-state index contributed by atoms with van der Waals surface area (Å²) in [5.41, 5.74) is 5.26. The first-order chi connectivity index (χ1) is 8.40. The third-order valence-electron chi connectivity index (χ3n) is 3.03. The second-order valence-corrected chi connectivity index (χ2v) is 5.87. The Morgan fingerprint density at radius 2 is 2.00 bits per heavy atom. The van der Waals surface area contributed by atoms with E-state index in [1.807, 2.05) is 20.8 Å². The number of hydrogen-bond donors (Lipinski definition) is 2. The second kappa shape index (κ2) is 7.07. The summed E-state index contributed by atoms with van der Waals surface area (Å²) in [6, 6.07) is 0.287. The zero-order chi connectivity index (χ0) is 13.6. The van der Waals surface area contributed by atoms with Crippen LogP contribution in [0.2, 0.25) is 0 Å². The zero-order valence-electron chi connectivity index (χ0n) is 11.9. The maximum Gasteiger partial charge on any atom is 0.246 e. The van der Waals surface area contributed by atoms with Crippen LogP contribution in [-0.4, -0.2) is 55.2 Å². The zero-order valence-corrected chi connectivity index (χ0v) is 11.9. The summed E-state index contributed by atoms with van der Waals surface area (Å²) in [6.07, 6.45) is 2.00. The van der Waals surface area contributed by atoms with Crippen molar-refractivity contribution in [1.82, 2.24) is 10.2 Å². The molecule has 1 saturated heterocycles. The van der Waals surface area contributed by atoms with Crippen molar-refractivity contribution in [2.75, 3.05) is 32.8 Å². The Balaban J connectivity index is 2.18. The van der Waals surface area contributed by atoms with Crippen molar-refractivity contribution in [2.45, 2.75) is 45.3 Å². The van der Waals surface area contributed by atoms with Gasteiger partial charge in [0.2, 0.25) is 5.91 Å². The van der Waals surface area contributed by atoms with Crippen LogP contribution in [0.1, 0.15) is 33.6 Å². The van der Waals surface area contributed by atoms with Crippen LogP contribution in [0, 0.1) is 0 Å². The van der Waals surface area contributed by atoms with Crippen molar-refractivity contribution in [3.63, 3.8) is 0 Å². The van der Waals surface area contributed by atoms with Gasteiger partial charge in [-0.05, 0) is 33.6 Å². The van der Waals surface area contributed by atoms with E-state index < -0.39 is 0 Å². The number of likely N-dealkylation sites (tertiary alicyclic amines) is 1. The molecule has 1 fully saturated rings. The molecule has 0 saturated carbocycles. The van der Waals surface area contributed by atoms with Gasteiger partial charge in [0, 0.05) is 32.2 Å². The van der Waals surface area contributed by atoms with E-state index in [4.69, 9.17) is 10.5 Å². The predicted octanol–water partition coefficient (Wildman–Crippen LogP) is 0.341. The van der Waals surface area contributed by atoms with Crippen LogP contribution in [0.3, 0.4) is 0 Å². The van der Waals surface area contributed by atoms with Gasteiger partial charge in [-0.15, -0.1) is 0 Å². The molecule has 0 atom stereocenters. The van der Waals surface area contributed by atoms with Gasteiger partial charge < -0.3 is 20.7 Å². The Bertz CT molecular complexity index is 255. The van der Waals surface area contributed by atoms with E-state index >= 15 is 0 Å². The number of nitrogens with one attached hydrogen (secondary N) is 1. The van der Waals surface area contributed by atoms with Gasteiger partial charge in [0.25, 0.3) is 0 Å². The Hall–Kier alpha value is -0.650. The second-order valence-electron chi connectivity index (χ2n) is 5.87. The average Bonchev–Trinajstić information content (AvgIpc) is 2.29. The number of nitrogens with zero attached hydrogens (tertiary/aromatic N) is 1. The van der Waals surface area contributed by atoms with Crippen molar-refractivity contribution >= 4 is 5.91 Å². The molecular formula is C13H27N3O2. The Morgan fingerprint density at radius 3 is 2.50 bits per heavy atom. The number of hydrogen-bond acceptors (Lipinski definition) is 4. The lowest BCUT2D eigenvalue weighted by Crippen LogP contribution is -2.47. The molecular weight excluding hydrogens is 230 g/mol. The number of rotatable bonds is 5. The maximum atomic E-state index is 11.7. The summed E-state index contributed by atoms with van der Waals surface area (Å²) in [5, 5.41) is 3.03. The number of amides is 1. The predicted molar refractivity (Wildman–Crippen MR) is 72.4 cm³/mol. The van der Waals surface area contributed by atoms with E-state index in [9.17, 15) is 4.79 Å². The van der Waals surface area contributed by atoms with Gasteiger partial charge in [0.05, 0.1) is 5.60 Å². The highest BCUT2D eigenvalue weighted by Gasteiger charge is 2.21. The molecule has 0 bridgehead atoms. The van der Waals surface area contributed by atoms with Crippen molar-refractivity contribution in [2.24, 2.45) is 5.73 Å². The molecule has 1 rings (SSSR count). The van der Waals surface area contributed by atoms with Crippen molar-refractivity contribution < 1.29 is 9.53 Å². The molecule has 18 heavy (non-hydrogen) atoms. The average molecular weight is 257 g/mol. The first kappa shape index (κ1) is 15.4. The molecule has 0 unspecified atom stereocenters. The van der Waals surface area contributed by atoms with E-state index in [-0.39, 0.29) is 24.2 Å². The smallest absolute Gasteiger partial charge is 0.246 e. The molecule has 0 aromatic rings. The van der Waals surface area contributed by atoms with Gasteiger partial charge in [-0.2, -0.15) is 0 Å². The quantitative estimate of drug-likeness (QED) is 0.745. The molecule has 3 N–H and O–H groups in total. The third kappa shape index (κ3) is 6.33.